The van der Waals surface area contributed by atoms with Crippen molar-refractivity contribution in [3.63, 3.8) is 0 Å². The van der Waals surface area contributed by atoms with E-state index in [0.29, 0.717) is 22.7 Å². The minimum Gasteiger partial charge on any atom is -0.493 e. The number of hydrogen-bond acceptors (Lipinski definition) is 4. The SMILES string of the molecule is COc1cc(NC(=O)/C=C/c2cccc(-c3ccccc3)c2)c(C(=O)N(C)C)cc1OC. The summed E-state index contributed by atoms with van der Waals surface area (Å²) in [4.78, 5) is 26.7. The first-order valence-electron chi connectivity index (χ1n) is 10.0. The molecular formula is C26H26N2O4. The Labute approximate surface area is 188 Å². The summed E-state index contributed by atoms with van der Waals surface area (Å²) in [7, 11) is 6.28. The van der Waals surface area contributed by atoms with Crippen molar-refractivity contribution in [3.05, 3.63) is 83.9 Å². The van der Waals surface area contributed by atoms with Gasteiger partial charge >= 0.3 is 0 Å². The van der Waals surface area contributed by atoms with Gasteiger partial charge in [-0.05, 0) is 34.9 Å². The quantitative estimate of drug-likeness (QED) is 0.551. The van der Waals surface area contributed by atoms with E-state index in [-0.39, 0.29) is 11.8 Å². The van der Waals surface area contributed by atoms with Crippen molar-refractivity contribution in [2.24, 2.45) is 0 Å². The van der Waals surface area contributed by atoms with E-state index in [1.807, 2.05) is 54.6 Å². The predicted molar refractivity (Wildman–Crippen MR) is 127 cm³/mol. The van der Waals surface area contributed by atoms with Crippen LogP contribution in [0.25, 0.3) is 17.2 Å². The predicted octanol–water partition coefficient (Wildman–Crippen LogP) is 4.72. The van der Waals surface area contributed by atoms with E-state index >= 15 is 0 Å². The van der Waals surface area contributed by atoms with E-state index in [2.05, 4.69) is 5.32 Å². The van der Waals surface area contributed by atoms with Crippen molar-refractivity contribution < 1.29 is 19.1 Å². The van der Waals surface area contributed by atoms with Crippen LogP contribution in [0, 0.1) is 0 Å². The lowest BCUT2D eigenvalue weighted by atomic mass is 10.0. The number of methoxy groups -OCH3 is 2. The van der Waals surface area contributed by atoms with Crippen LogP contribution in [0.15, 0.2) is 72.8 Å². The second kappa shape index (κ2) is 10.3. The molecular weight excluding hydrogens is 404 g/mol. The van der Waals surface area contributed by atoms with Gasteiger partial charge in [0, 0.05) is 26.2 Å². The van der Waals surface area contributed by atoms with Crippen LogP contribution < -0.4 is 14.8 Å². The first kappa shape index (κ1) is 22.6. The molecule has 0 atom stereocenters. The maximum atomic E-state index is 12.6. The maximum absolute atomic E-state index is 12.6. The minimum absolute atomic E-state index is 0.263. The lowest BCUT2D eigenvalue weighted by molar-refractivity contribution is -0.111. The third kappa shape index (κ3) is 5.35. The molecule has 0 aliphatic rings. The van der Waals surface area contributed by atoms with Gasteiger partial charge in [0.25, 0.3) is 5.91 Å². The van der Waals surface area contributed by atoms with Crippen LogP contribution in [0.5, 0.6) is 11.5 Å². The van der Waals surface area contributed by atoms with E-state index < -0.39 is 0 Å². The Kier molecular flexibility index (Phi) is 7.29. The highest BCUT2D eigenvalue weighted by Crippen LogP contribution is 2.34. The minimum atomic E-state index is -0.366. The number of benzene rings is 3. The molecule has 3 rings (SSSR count). The zero-order valence-corrected chi connectivity index (χ0v) is 18.6. The largest absolute Gasteiger partial charge is 0.493 e. The number of amides is 2. The fraction of sp³-hybridized carbons (Fsp3) is 0.154. The average Bonchev–Trinajstić information content (AvgIpc) is 2.82. The summed E-state index contributed by atoms with van der Waals surface area (Å²) >= 11 is 0. The molecule has 0 saturated heterocycles. The lowest BCUT2D eigenvalue weighted by Crippen LogP contribution is -2.24. The summed E-state index contributed by atoms with van der Waals surface area (Å²) < 4.78 is 10.6. The van der Waals surface area contributed by atoms with Gasteiger partial charge in [-0.25, -0.2) is 0 Å². The molecule has 3 aromatic carbocycles. The fourth-order valence-electron chi connectivity index (χ4n) is 3.20. The zero-order chi connectivity index (χ0) is 23.1. The molecule has 6 heteroatoms. The standard InChI is InChI=1S/C26H26N2O4/c1-28(2)26(30)21-16-23(31-3)24(32-4)17-22(21)27-25(29)14-13-18-9-8-12-20(15-18)19-10-6-5-7-11-19/h5-17H,1-4H3,(H,27,29)/b14-13+. The Bertz CT molecular complexity index is 1140. The van der Waals surface area contributed by atoms with Crippen LogP contribution >= 0.6 is 0 Å². The second-order valence-electron chi connectivity index (χ2n) is 7.27. The third-order valence-electron chi connectivity index (χ3n) is 4.84. The lowest BCUT2D eigenvalue weighted by Gasteiger charge is -2.17. The van der Waals surface area contributed by atoms with Crippen molar-refractivity contribution >= 4 is 23.6 Å². The molecule has 1 N–H and O–H groups in total. The summed E-state index contributed by atoms with van der Waals surface area (Å²) in [5.41, 5.74) is 3.70. The van der Waals surface area contributed by atoms with Crippen LogP contribution in [-0.4, -0.2) is 45.0 Å². The molecule has 0 radical (unpaired) electrons. The number of ether oxygens (including phenoxy) is 2. The van der Waals surface area contributed by atoms with Crippen molar-refractivity contribution in [2.75, 3.05) is 33.6 Å². The highest BCUT2D eigenvalue weighted by molar-refractivity contribution is 6.08. The molecule has 0 aliphatic heterocycles. The van der Waals surface area contributed by atoms with E-state index in [9.17, 15) is 9.59 Å². The monoisotopic (exact) mass is 430 g/mol. The first-order chi connectivity index (χ1) is 15.4. The summed E-state index contributed by atoms with van der Waals surface area (Å²) in [5.74, 6) is 0.192. The van der Waals surface area contributed by atoms with Crippen molar-refractivity contribution in [2.45, 2.75) is 0 Å². The van der Waals surface area contributed by atoms with Gasteiger partial charge in [-0.15, -0.1) is 0 Å². The van der Waals surface area contributed by atoms with Gasteiger partial charge < -0.3 is 19.7 Å². The van der Waals surface area contributed by atoms with E-state index in [1.165, 1.54) is 25.2 Å². The van der Waals surface area contributed by atoms with Crippen LogP contribution in [-0.2, 0) is 4.79 Å². The molecule has 3 aromatic rings. The smallest absolute Gasteiger partial charge is 0.255 e. The number of carbonyl (C=O) groups excluding carboxylic acids is 2. The topological polar surface area (TPSA) is 67.9 Å². The molecule has 0 saturated carbocycles. The van der Waals surface area contributed by atoms with E-state index in [4.69, 9.17) is 9.47 Å². The molecule has 2 amide bonds. The number of rotatable bonds is 7. The first-order valence-corrected chi connectivity index (χ1v) is 10.0. The summed E-state index contributed by atoms with van der Waals surface area (Å²) in [6.45, 7) is 0. The van der Waals surface area contributed by atoms with Gasteiger partial charge in [-0.2, -0.15) is 0 Å². The molecule has 0 aromatic heterocycles. The van der Waals surface area contributed by atoms with Crippen LogP contribution in [0.1, 0.15) is 15.9 Å². The maximum Gasteiger partial charge on any atom is 0.255 e. The molecule has 6 nitrogen and oxygen atoms in total. The van der Waals surface area contributed by atoms with Gasteiger partial charge in [0.15, 0.2) is 11.5 Å². The van der Waals surface area contributed by atoms with Crippen molar-refractivity contribution in [3.8, 4) is 22.6 Å². The molecule has 0 aliphatic carbocycles. The van der Waals surface area contributed by atoms with Crippen LogP contribution in [0.4, 0.5) is 5.69 Å². The number of hydrogen-bond donors (Lipinski definition) is 1. The summed E-state index contributed by atoms with van der Waals surface area (Å²) in [6, 6.07) is 21.1. The molecule has 0 spiro atoms. The third-order valence-corrected chi connectivity index (χ3v) is 4.84. The highest BCUT2D eigenvalue weighted by Gasteiger charge is 2.19. The Hall–Kier alpha value is -4.06. The van der Waals surface area contributed by atoms with Gasteiger partial charge in [-0.3, -0.25) is 9.59 Å². The van der Waals surface area contributed by atoms with Gasteiger partial charge in [0.2, 0.25) is 5.91 Å². The van der Waals surface area contributed by atoms with Crippen molar-refractivity contribution in [1.29, 1.82) is 0 Å². The Morgan fingerprint density at radius 3 is 2.16 bits per heavy atom. The van der Waals surface area contributed by atoms with Gasteiger partial charge in [0.05, 0.1) is 25.5 Å². The molecule has 0 heterocycles. The number of nitrogens with one attached hydrogen (secondary N) is 1. The summed E-state index contributed by atoms with van der Waals surface area (Å²) in [5, 5.41) is 2.78. The average molecular weight is 431 g/mol. The zero-order valence-electron chi connectivity index (χ0n) is 18.6. The molecule has 0 fully saturated rings. The normalized spacial score (nSPS) is 10.6. The molecule has 32 heavy (non-hydrogen) atoms. The second-order valence-corrected chi connectivity index (χ2v) is 7.27. The van der Waals surface area contributed by atoms with Gasteiger partial charge in [0.1, 0.15) is 0 Å². The summed E-state index contributed by atoms with van der Waals surface area (Å²) in [6.07, 6.45) is 3.17. The Morgan fingerprint density at radius 1 is 0.844 bits per heavy atom. The molecule has 164 valence electrons. The van der Waals surface area contributed by atoms with Crippen molar-refractivity contribution in [1.82, 2.24) is 4.90 Å². The number of anilines is 1. The van der Waals surface area contributed by atoms with Crippen LogP contribution in [0.3, 0.4) is 0 Å². The van der Waals surface area contributed by atoms with Crippen LogP contribution in [0.2, 0.25) is 0 Å². The number of carbonyl (C=O) groups is 2. The number of nitrogens with zero attached hydrogens (tertiary/aromatic N) is 1. The Balaban J connectivity index is 1.84. The van der Waals surface area contributed by atoms with E-state index in [0.717, 1.165) is 16.7 Å². The van der Waals surface area contributed by atoms with Gasteiger partial charge in [-0.1, -0.05) is 48.5 Å². The Morgan fingerprint density at radius 2 is 1.50 bits per heavy atom. The van der Waals surface area contributed by atoms with E-state index in [1.54, 1.807) is 32.3 Å². The molecule has 0 unspecified atom stereocenters. The molecule has 0 bridgehead atoms. The highest BCUT2D eigenvalue weighted by atomic mass is 16.5. The fourth-order valence-corrected chi connectivity index (χ4v) is 3.20.